The first-order valence-corrected chi connectivity index (χ1v) is 9.88. The lowest BCUT2D eigenvalue weighted by molar-refractivity contribution is -0.162. The van der Waals surface area contributed by atoms with E-state index in [1.165, 1.54) is 14.2 Å². The van der Waals surface area contributed by atoms with Crippen molar-refractivity contribution in [3.05, 3.63) is 35.6 Å². The largest absolute Gasteiger partial charge is 0.497 e. The molecule has 0 saturated carbocycles. The molecule has 0 bridgehead atoms. The van der Waals surface area contributed by atoms with Crippen LogP contribution in [0.25, 0.3) is 5.57 Å². The Balaban J connectivity index is 3.20. The first-order valence-electron chi connectivity index (χ1n) is 9.88. The third kappa shape index (κ3) is 7.51. The molecular formula is C22H32O7. The van der Waals surface area contributed by atoms with Gasteiger partial charge in [0.15, 0.2) is 0 Å². The molecule has 7 heteroatoms. The summed E-state index contributed by atoms with van der Waals surface area (Å²) in [6.45, 7) is 3.42. The van der Waals surface area contributed by atoms with E-state index in [1.807, 2.05) is 13.8 Å². The van der Waals surface area contributed by atoms with Crippen LogP contribution in [-0.2, 0) is 19.1 Å². The lowest BCUT2D eigenvalue weighted by Crippen LogP contribution is -2.24. The molecule has 0 radical (unpaired) electrons. The van der Waals surface area contributed by atoms with Crippen LogP contribution in [0.15, 0.2) is 30.0 Å². The fourth-order valence-corrected chi connectivity index (χ4v) is 2.92. The monoisotopic (exact) mass is 408 g/mol. The van der Waals surface area contributed by atoms with Crippen LogP contribution in [0.2, 0.25) is 0 Å². The zero-order valence-electron chi connectivity index (χ0n) is 17.6. The number of methoxy groups -OCH3 is 2. The average molecular weight is 408 g/mol. The van der Waals surface area contributed by atoms with E-state index in [0.29, 0.717) is 29.7 Å². The molecule has 0 saturated heterocycles. The Morgan fingerprint density at radius 1 is 1.10 bits per heavy atom. The number of rotatable bonds is 12. The van der Waals surface area contributed by atoms with Crippen LogP contribution in [0, 0.1) is 5.92 Å². The molecule has 0 aliphatic heterocycles. The van der Waals surface area contributed by atoms with Crippen molar-refractivity contribution in [2.24, 2.45) is 5.92 Å². The summed E-state index contributed by atoms with van der Waals surface area (Å²) in [6.07, 6.45) is 1.89. The van der Waals surface area contributed by atoms with E-state index in [9.17, 15) is 19.8 Å². The summed E-state index contributed by atoms with van der Waals surface area (Å²) in [7, 11) is 2.83. The van der Waals surface area contributed by atoms with Gasteiger partial charge in [-0.3, -0.25) is 4.79 Å². The molecule has 0 aromatic heterocycles. The van der Waals surface area contributed by atoms with Crippen LogP contribution in [-0.4, -0.2) is 49.1 Å². The average Bonchev–Trinajstić information content (AvgIpc) is 2.73. The van der Waals surface area contributed by atoms with E-state index in [4.69, 9.17) is 14.2 Å². The quantitative estimate of drug-likeness (QED) is 0.237. The van der Waals surface area contributed by atoms with Crippen molar-refractivity contribution in [3.63, 3.8) is 0 Å². The molecule has 0 fully saturated rings. The number of ether oxygens (including phenoxy) is 3. The van der Waals surface area contributed by atoms with Gasteiger partial charge in [0.25, 0.3) is 0 Å². The molecule has 1 aromatic carbocycles. The maximum Gasteiger partial charge on any atom is 0.381 e. The Kier molecular flexibility index (Phi) is 11.0. The number of aliphatic hydroxyl groups is 2. The van der Waals surface area contributed by atoms with Gasteiger partial charge < -0.3 is 24.4 Å². The SMILES string of the molecule is CCCCC(CC)C(=O)OC(=O)C(OC)=C(CC(O)CO)c1ccc(OC)cc1. The smallest absolute Gasteiger partial charge is 0.381 e. The van der Waals surface area contributed by atoms with E-state index in [-0.39, 0.29) is 18.1 Å². The summed E-state index contributed by atoms with van der Waals surface area (Å²) in [5.41, 5.74) is 0.911. The highest BCUT2D eigenvalue weighted by atomic mass is 16.6. The summed E-state index contributed by atoms with van der Waals surface area (Å²) in [4.78, 5) is 25.1. The number of aliphatic hydroxyl groups excluding tert-OH is 2. The van der Waals surface area contributed by atoms with Crippen LogP contribution < -0.4 is 4.74 Å². The van der Waals surface area contributed by atoms with E-state index in [0.717, 1.165) is 12.8 Å². The highest BCUT2D eigenvalue weighted by Gasteiger charge is 2.27. The maximum atomic E-state index is 12.7. The van der Waals surface area contributed by atoms with Gasteiger partial charge in [0, 0.05) is 12.0 Å². The van der Waals surface area contributed by atoms with Gasteiger partial charge in [-0.25, -0.2) is 4.79 Å². The van der Waals surface area contributed by atoms with Gasteiger partial charge in [-0.05, 0) is 30.5 Å². The summed E-state index contributed by atoms with van der Waals surface area (Å²) in [6, 6.07) is 6.79. The summed E-state index contributed by atoms with van der Waals surface area (Å²) in [5, 5.41) is 19.2. The van der Waals surface area contributed by atoms with Crippen molar-refractivity contribution in [2.75, 3.05) is 20.8 Å². The molecule has 2 N–H and O–H groups in total. The summed E-state index contributed by atoms with van der Waals surface area (Å²) in [5.74, 6) is -1.42. The lowest BCUT2D eigenvalue weighted by atomic mass is 9.98. The van der Waals surface area contributed by atoms with Crippen molar-refractivity contribution in [1.29, 1.82) is 0 Å². The molecule has 0 spiro atoms. The van der Waals surface area contributed by atoms with Crippen LogP contribution >= 0.6 is 0 Å². The number of carbonyl (C=O) groups excluding carboxylic acids is 2. The van der Waals surface area contributed by atoms with Gasteiger partial charge in [0.05, 0.1) is 32.8 Å². The number of esters is 2. The van der Waals surface area contributed by atoms with Gasteiger partial charge in [-0.1, -0.05) is 38.8 Å². The second kappa shape index (κ2) is 13.0. The van der Waals surface area contributed by atoms with Crippen LogP contribution in [0.1, 0.15) is 51.5 Å². The van der Waals surface area contributed by atoms with Crippen LogP contribution in [0.4, 0.5) is 0 Å². The first-order chi connectivity index (χ1) is 13.9. The van der Waals surface area contributed by atoms with Gasteiger partial charge in [0.1, 0.15) is 5.75 Å². The molecule has 0 heterocycles. The zero-order chi connectivity index (χ0) is 21.8. The predicted octanol–water partition coefficient (Wildman–Crippen LogP) is 3.08. The summed E-state index contributed by atoms with van der Waals surface area (Å²) < 4.78 is 15.5. The highest BCUT2D eigenvalue weighted by molar-refractivity contribution is 6.01. The standard InChI is InChI=1S/C22H32O7/c1-5-7-8-15(6-2)21(25)29-22(26)20(28-4)19(13-17(24)14-23)16-9-11-18(27-3)12-10-16/h9-12,15,17,23-24H,5-8,13-14H2,1-4H3. The Bertz CT molecular complexity index is 679. The van der Waals surface area contributed by atoms with Crippen LogP contribution in [0.3, 0.4) is 0 Å². The fourth-order valence-electron chi connectivity index (χ4n) is 2.92. The van der Waals surface area contributed by atoms with Gasteiger partial charge >= 0.3 is 11.9 Å². The van der Waals surface area contributed by atoms with E-state index >= 15 is 0 Å². The summed E-state index contributed by atoms with van der Waals surface area (Å²) >= 11 is 0. The Morgan fingerprint density at radius 2 is 1.76 bits per heavy atom. The second-order valence-electron chi connectivity index (χ2n) is 6.74. The zero-order valence-corrected chi connectivity index (χ0v) is 17.6. The van der Waals surface area contributed by atoms with Gasteiger partial charge in [0.2, 0.25) is 5.76 Å². The lowest BCUT2D eigenvalue weighted by Gasteiger charge is -2.17. The normalized spacial score (nSPS) is 13.9. The molecule has 2 unspecified atom stereocenters. The number of hydrogen-bond acceptors (Lipinski definition) is 7. The van der Waals surface area contributed by atoms with Crippen molar-refractivity contribution >= 4 is 17.5 Å². The van der Waals surface area contributed by atoms with Gasteiger partial charge in [-0.2, -0.15) is 0 Å². The Hall–Kier alpha value is -2.38. The van der Waals surface area contributed by atoms with Crippen molar-refractivity contribution < 1.29 is 34.0 Å². The van der Waals surface area contributed by atoms with E-state index in [2.05, 4.69) is 0 Å². The molecule has 0 aliphatic rings. The number of unbranched alkanes of at least 4 members (excludes halogenated alkanes) is 1. The Morgan fingerprint density at radius 3 is 2.24 bits per heavy atom. The number of benzene rings is 1. The van der Waals surface area contributed by atoms with E-state index < -0.39 is 24.6 Å². The Labute approximate surface area is 172 Å². The van der Waals surface area contributed by atoms with Crippen molar-refractivity contribution in [3.8, 4) is 5.75 Å². The molecule has 1 rings (SSSR count). The fraction of sp³-hybridized carbons (Fsp3) is 0.545. The second-order valence-corrected chi connectivity index (χ2v) is 6.74. The minimum Gasteiger partial charge on any atom is -0.497 e. The van der Waals surface area contributed by atoms with Crippen molar-refractivity contribution in [1.82, 2.24) is 0 Å². The molecule has 0 aliphatic carbocycles. The maximum absolute atomic E-state index is 12.7. The molecule has 7 nitrogen and oxygen atoms in total. The molecular weight excluding hydrogens is 376 g/mol. The molecule has 0 amide bonds. The minimum absolute atomic E-state index is 0.0532. The van der Waals surface area contributed by atoms with Gasteiger partial charge in [-0.15, -0.1) is 0 Å². The predicted molar refractivity (Wildman–Crippen MR) is 109 cm³/mol. The third-order valence-electron chi connectivity index (χ3n) is 4.68. The molecule has 1 aromatic rings. The topological polar surface area (TPSA) is 102 Å². The molecule has 29 heavy (non-hydrogen) atoms. The highest BCUT2D eigenvalue weighted by Crippen LogP contribution is 2.28. The minimum atomic E-state index is -1.10. The first kappa shape index (κ1) is 24.7. The number of carbonyl (C=O) groups is 2. The van der Waals surface area contributed by atoms with E-state index in [1.54, 1.807) is 24.3 Å². The third-order valence-corrected chi connectivity index (χ3v) is 4.68. The number of hydrogen-bond donors (Lipinski definition) is 2. The molecule has 2 atom stereocenters. The van der Waals surface area contributed by atoms with Crippen LogP contribution in [0.5, 0.6) is 5.75 Å². The van der Waals surface area contributed by atoms with Crippen molar-refractivity contribution in [2.45, 2.75) is 52.1 Å². The molecule has 162 valence electrons.